The molecular weight excluding hydrogens is 148 g/mol. The molecule has 0 aliphatic heterocycles. The minimum Gasteiger partial charge on any atom is -0.303 e. The molecule has 0 bridgehead atoms. The van der Waals surface area contributed by atoms with Crippen molar-refractivity contribution >= 4 is 6.29 Å². The predicted molar refractivity (Wildman–Crippen MR) is 51.0 cm³/mol. The molecule has 12 heavy (non-hydrogen) atoms. The van der Waals surface area contributed by atoms with Crippen molar-refractivity contribution in [1.29, 1.82) is 0 Å². The summed E-state index contributed by atoms with van der Waals surface area (Å²) >= 11 is 0. The molecule has 0 N–H and O–H groups in total. The molecule has 0 atom stereocenters. The van der Waals surface area contributed by atoms with Gasteiger partial charge in [0.05, 0.1) is 0 Å². The van der Waals surface area contributed by atoms with Crippen LogP contribution in [0, 0.1) is 10.8 Å². The van der Waals surface area contributed by atoms with Crippen molar-refractivity contribution in [2.75, 3.05) is 0 Å². The maximum Gasteiger partial charge on any atom is 0.126 e. The molecule has 0 amide bonds. The van der Waals surface area contributed by atoms with Crippen molar-refractivity contribution in [3.63, 3.8) is 0 Å². The highest BCUT2D eigenvalue weighted by Gasteiger charge is 2.40. The summed E-state index contributed by atoms with van der Waals surface area (Å²) in [4.78, 5) is 10.9. The lowest BCUT2D eigenvalue weighted by Gasteiger charge is -2.42. The second kappa shape index (κ2) is 3.20. The molecule has 0 saturated heterocycles. The first kappa shape index (κ1) is 9.76. The van der Waals surface area contributed by atoms with Crippen LogP contribution in [-0.4, -0.2) is 6.29 Å². The predicted octanol–water partition coefficient (Wildman–Crippen LogP) is 3.18. The minimum absolute atomic E-state index is 0.0690. The van der Waals surface area contributed by atoms with Crippen LogP contribution in [0.5, 0.6) is 0 Å². The molecule has 0 radical (unpaired) electrons. The van der Waals surface area contributed by atoms with Crippen LogP contribution in [0.25, 0.3) is 0 Å². The van der Waals surface area contributed by atoms with E-state index in [0.29, 0.717) is 5.41 Å². The van der Waals surface area contributed by atoms with E-state index in [1.165, 1.54) is 19.1 Å². The van der Waals surface area contributed by atoms with Gasteiger partial charge in [0.2, 0.25) is 0 Å². The van der Waals surface area contributed by atoms with E-state index in [4.69, 9.17) is 0 Å². The Morgan fingerprint density at radius 1 is 1.42 bits per heavy atom. The van der Waals surface area contributed by atoms with Gasteiger partial charge in [0.25, 0.3) is 0 Å². The first-order valence-electron chi connectivity index (χ1n) is 5.00. The van der Waals surface area contributed by atoms with Gasteiger partial charge in [-0.25, -0.2) is 0 Å². The summed E-state index contributed by atoms with van der Waals surface area (Å²) < 4.78 is 0. The molecule has 1 fully saturated rings. The zero-order chi connectivity index (χ0) is 9.24. The fraction of sp³-hybridized carbons (Fsp3) is 0.909. The summed E-state index contributed by atoms with van der Waals surface area (Å²) in [6.45, 7) is 6.73. The zero-order valence-electron chi connectivity index (χ0n) is 8.52. The summed E-state index contributed by atoms with van der Waals surface area (Å²) in [5.74, 6) is 0. The van der Waals surface area contributed by atoms with Crippen molar-refractivity contribution < 1.29 is 4.79 Å². The summed E-state index contributed by atoms with van der Waals surface area (Å²) in [6, 6.07) is 0. The zero-order valence-corrected chi connectivity index (χ0v) is 8.52. The molecule has 0 aromatic carbocycles. The van der Waals surface area contributed by atoms with Crippen LogP contribution < -0.4 is 0 Å². The van der Waals surface area contributed by atoms with Gasteiger partial charge >= 0.3 is 0 Å². The molecule has 1 saturated carbocycles. The van der Waals surface area contributed by atoms with Gasteiger partial charge in [0, 0.05) is 5.41 Å². The summed E-state index contributed by atoms with van der Waals surface area (Å²) in [6.07, 6.45) is 6.95. The lowest BCUT2D eigenvalue weighted by atomic mass is 9.61. The van der Waals surface area contributed by atoms with E-state index in [0.717, 1.165) is 19.3 Å². The molecule has 0 spiro atoms. The molecule has 0 aromatic rings. The van der Waals surface area contributed by atoms with E-state index in [1.54, 1.807) is 0 Å². The Kier molecular flexibility index (Phi) is 2.60. The Morgan fingerprint density at radius 2 is 2.00 bits per heavy atom. The van der Waals surface area contributed by atoms with Crippen LogP contribution in [-0.2, 0) is 4.79 Å². The number of rotatable bonds is 4. The second-order valence-electron chi connectivity index (χ2n) is 5.03. The second-order valence-corrected chi connectivity index (χ2v) is 5.03. The molecule has 1 heteroatoms. The third kappa shape index (κ3) is 1.88. The highest BCUT2D eigenvalue weighted by molar-refractivity contribution is 5.60. The van der Waals surface area contributed by atoms with Gasteiger partial charge in [-0.05, 0) is 24.7 Å². The molecule has 0 aromatic heterocycles. The van der Waals surface area contributed by atoms with Crippen molar-refractivity contribution in [3.8, 4) is 0 Å². The average Bonchev–Trinajstić information content (AvgIpc) is 1.97. The Bertz CT molecular complexity index is 166. The van der Waals surface area contributed by atoms with Gasteiger partial charge in [-0.3, -0.25) is 0 Å². The van der Waals surface area contributed by atoms with Crippen LogP contribution >= 0.6 is 0 Å². The first-order valence-corrected chi connectivity index (χ1v) is 5.00. The Hall–Kier alpha value is -0.330. The maximum absolute atomic E-state index is 10.9. The molecule has 1 aliphatic rings. The van der Waals surface area contributed by atoms with Crippen molar-refractivity contribution in [2.24, 2.45) is 10.8 Å². The van der Waals surface area contributed by atoms with E-state index in [9.17, 15) is 4.79 Å². The monoisotopic (exact) mass is 168 g/mol. The lowest BCUT2D eigenvalue weighted by Crippen LogP contribution is -2.35. The van der Waals surface area contributed by atoms with Crippen molar-refractivity contribution in [1.82, 2.24) is 0 Å². The quantitative estimate of drug-likeness (QED) is 0.589. The van der Waals surface area contributed by atoms with E-state index in [-0.39, 0.29) is 5.41 Å². The van der Waals surface area contributed by atoms with Crippen molar-refractivity contribution in [3.05, 3.63) is 0 Å². The Labute approximate surface area is 75.5 Å². The maximum atomic E-state index is 10.9. The van der Waals surface area contributed by atoms with Gasteiger partial charge in [0.1, 0.15) is 6.29 Å². The molecule has 0 unspecified atom stereocenters. The molecule has 0 heterocycles. The number of carbonyl (C=O) groups is 1. The van der Waals surface area contributed by atoms with Gasteiger partial charge in [-0.2, -0.15) is 0 Å². The summed E-state index contributed by atoms with van der Waals surface area (Å²) in [7, 11) is 0. The molecule has 1 aliphatic carbocycles. The Morgan fingerprint density at radius 3 is 2.25 bits per heavy atom. The Balaban J connectivity index is 2.53. The number of aldehydes is 1. The fourth-order valence-corrected chi connectivity index (χ4v) is 2.05. The number of hydrogen-bond donors (Lipinski definition) is 0. The lowest BCUT2D eigenvalue weighted by molar-refractivity contribution is -0.123. The third-order valence-corrected chi connectivity index (χ3v) is 3.39. The van der Waals surface area contributed by atoms with E-state index < -0.39 is 0 Å². The smallest absolute Gasteiger partial charge is 0.126 e. The fourth-order valence-electron chi connectivity index (χ4n) is 2.05. The minimum atomic E-state index is 0.0690. The highest BCUT2D eigenvalue weighted by atomic mass is 16.1. The van der Waals surface area contributed by atoms with E-state index in [2.05, 4.69) is 20.8 Å². The van der Waals surface area contributed by atoms with Crippen LogP contribution in [0.4, 0.5) is 0 Å². The van der Waals surface area contributed by atoms with Gasteiger partial charge in [-0.1, -0.05) is 33.6 Å². The van der Waals surface area contributed by atoms with E-state index in [1.807, 2.05) is 0 Å². The third-order valence-electron chi connectivity index (χ3n) is 3.39. The van der Waals surface area contributed by atoms with Gasteiger partial charge in [-0.15, -0.1) is 0 Å². The first-order chi connectivity index (χ1) is 5.54. The van der Waals surface area contributed by atoms with Crippen molar-refractivity contribution in [2.45, 2.75) is 52.9 Å². The topological polar surface area (TPSA) is 17.1 Å². The molecular formula is C11H20O. The largest absolute Gasteiger partial charge is 0.303 e. The summed E-state index contributed by atoms with van der Waals surface area (Å²) in [5, 5.41) is 0. The van der Waals surface area contributed by atoms with Crippen LogP contribution in [0.2, 0.25) is 0 Å². The summed E-state index contributed by atoms with van der Waals surface area (Å²) in [5.41, 5.74) is 0.418. The van der Waals surface area contributed by atoms with Crippen LogP contribution in [0.3, 0.4) is 0 Å². The number of hydrogen-bond acceptors (Lipinski definition) is 1. The van der Waals surface area contributed by atoms with Crippen LogP contribution in [0.15, 0.2) is 0 Å². The molecule has 1 rings (SSSR count). The van der Waals surface area contributed by atoms with Crippen LogP contribution in [0.1, 0.15) is 52.9 Å². The SMILES string of the molecule is CCC(C)(C)CC1(C=O)CCC1. The molecule has 1 nitrogen and oxygen atoms in total. The van der Waals surface area contributed by atoms with Gasteiger partial charge < -0.3 is 4.79 Å². The normalized spacial score (nSPS) is 21.6. The van der Waals surface area contributed by atoms with Gasteiger partial charge in [0.15, 0.2) is 0 Å². The highest BCUT2D eigenvalue weighted by Crippen LogP contribution is 2.48. The molecule has 70 valence electrons. The standard InChI is InChI=1S/C11H20O/c1-4-10(2,3)8-11(9-12)6-5-7-11/h9H,4-8H2,1-3H3. The number of carbonyl (C=O) groups excluding carboxylic acids is 1. The average molecular weight is 168 g/mol. The van der Waals surface area contributed by atoms with E-state index >= 15 is 0 Å².